The maximum absolute atomic E-state index is 12.6. The van der Waals surface area contributed by atoms with Crippen LogP contribution in [-0.2, 0) is 14.8 Å². The molecule has 2 aromatic rings. The van der Waals surface area contributed by atoms with Crippen molar-refractivity contribution in [3.05, 3.63) is 59.7 Å². The van der Waals surface area contributed by atoms with Gasteiger partial charge in [0, 0.05) is 6.54 Å². The summed E-state index contributed by atoms with van der Waals surface area (Å²) >= 11 is 0. The van der Waals surface area contributed by atoms with Crippen LogP contribution in [0, 0.1) is 6.92 Å². The Kier molecular flexibility index (Phi) is 7.17. The molecular weight excluding hydrogens is 378 g/mol. The summed E-state index contributed by atoms with van der Waals surface area (Å²) < 4.78 is 25.5. The van der Waals surface area contributed by atoms with Crippen LogP contribution in [0.2, 0.25) is 0 Å². The summed E-state index contributed by atoms with van der Waals surface area (Å²) in [6, 6.07) is 13.5. The largest absolute Gasteiger partial charge is 0.352 e. The number of carbonyl (C=O) groups excluding carboxylic acids is 2. The van der Waals surface area contributed by atoms with Gasteiger partial charge in [-0.25, -0.2) is 8.42 Å². The van der Waals surface area contributed by atoms with Gasteiger partial charge in [-0.05, 0) is 37.1 Å². The highest BCUT2D eigenvalue weighted by Crippen LogP contribution is 2.22. The van der Waals surface area contributed by atoms with Crippen molar-refractivity contribution in [1.82, 2.24) is 5.32 Å². The summed E-state index contributed by atoms with van der Waals surface area (Å²) in [6.07, 6.45) is 1.85. The zero-order valence-corrected chi connectivity index (χ0v) is 17.0. The zero-order chi connectivity index (χ0) is 20.7. The number of benzene rings is 2. The number of hydrogen-bond donors (Lipinski definition) is 2. The van der Waals surface area contributed by atoms with Crippen LogP contribution in [0.4, 0.5) is 11.4 Å². The summed E-state index contributed by atoms with van der Waals surface area (Å²) in [5.74, 6) is -0.832. The first-order chi connectivity index (χ1) is 13.2. The Hall–Kier alpha value is -2.87. The Bertz CT molecular complexity index is 957. The van der Waals surface area contributed by atoms with Gasteiger partial charge in [-0.2, -0.15) is 0 Å². The molecule has 2 N–H and O–H groups in total. The van der Waals surface area contributed by atoms with Gasteiger partial charge in [0.05, 0.1) is 23.2 Å². The van der Waals surface area contributed by atoms with Crippen molar-refractivity contribution in [1.29, 1.82) is 0 Å². The van der Waals surface area contributed by atoms with Crippen LogP contribution in [0.1, 0.15) is 29.3 Å². The lowest BCUT2D eigenvalue weighted by atomic mass is 10.1. The lowest BCUT2D eigenvalue weighted by Crippen LogP contribution is -2.38. The van der Waals surface area contributed by atoms with E-state index in [1.54, 1.807) is 55.5 Å². The molecule has 0 heterocycles. The average molecular weight is 404 g/mol. The Morgan fingerprint density at radius 3 is 2.32 bits per heavy atom. The molecule has 0 aliphatic heterocycles. The zero-order valence-electron chi connectivity index (χ0n) is 16.2. The number of nitrogens with zero attached hydrogens (tertiary/aromatic N) is 1. The van der Waals surface area contributed by atoms with Gasteiger partial charge >= 0.3 is 0 Å². The molecule has 0 saturated heterocycles. The molecule has 0 aromatic heterocycles. The van der Waals surface area contributed by atoms with Crippen LogP contribution in [0.3, 0.4) is 0 Å². The molecule has 0 spiro atoms. The van der Waals surface area contributed by atoms with Crippen molar-refractivity contribution in [2.45, 2.75) is 20.3 Å². The first-order valence-electron chi connectivity index (χ1n) is 8.94. The van der Waals surface area contributed by atoms with Gasteiger partial charge in [0.2, 0.25) is 15.9 Å². The molecule has 0 saturated carbocycles. The summed E-state index contributed by atoms with van der Waals surface area (Å²) in [5.41, 5.74) is 1.83. The fraction of sp³-hybridized carbons (Fsp3) is 0.300. The molecule has 2 aromatic carbocycles. The highest BCUT2D eigenvalue weighted by molar-refractivity contribution is 7.92. The van der Waals surface area contributed by atoms with Crippen molar-refractivity contribution in [3.8, 4) is 0 Å². The summed E-state index contributed by atoms with van der Waals surface area (Å²) in [4.78, 5) is 24.9. The van der Waals surface area contributed by atoms with Crippen molar-refractivity contribution in [3.63, 3.8) is 0 Å². The van der Waals surface area contributed by atoms with E-state index in [1.165, 1.54) is 0 Å². The van der Waals surface area contributed by atoms with E-state index in [-0.39, 0.29) is 5.91 Å². The normalized spacial score (nSPS) is 11.0. The van der Waals surface area contributed by atoms with Gasteiger partial charge in [-0.15, -0.1) is 0 Å². The Labute approximate surface area is 165 Å². The molecule has 7 nitrogen and oxygen atoms in total. The number of amides is 2. The van der Waals surface area contributed by atoms with Crippen LogP contribution in [-0.4, -0.2) is 39.6 Å². The summed E-state index contributed by atoms with van der Waals surface area (Å²) in [7, 11) is -3.67. The van der Waals surface area contributed by atoms with Crippen LogP contribution >= 0.6 is 0 Å². The minimum absolute atomic E-state index is 0.295. The Morgan fingerprint density at radius 1 is 1.04 bits per heavy atom. The molecule has 0 radical (unpaired) electrons. The van der Waals surface area contributed by atoms with Crippen LogP contribution < -0.4 is 14.9 Å². The molecule has 0 bridgehead atoms. The number of aryl methyl sites for hydroxylation is 1. The standard InChI is InChI=1S/C20H25N3O4S/c1-4-13-21-20(25)16-10-6-7-11-17(16)22-19(24)14-23(28(3,26)27)18-12-8-5-9-15(18)2/h5-12H,4,13-14H2,1-3H3,(H,21,25)(H,22,24). The first-order valence-corrected chi connectivity index (χ1v) is 10.8. The number of anilines is 2. The molecule has 2 rings (SSSR count). The fourth-order valence-corrected chi connectivity index (χ4v) is 3.58. The van der Waals surface area contributed by atoms with Crippen LogP contribution in [0.25, 0.3) is 0 Å². The van der Waals surface area contributed by atoms with Gasteiger partial charge in [0.15, 0.2) is 0 Å². The van der Waals surface area contributed by atoms with Crippen molar-refractivity contribution >= 4 is 33.2 Å². The van der Waals surface area contributed by atoms with Crippen molar-refractivity contribution in [2.24, 2.45) is 0 Å². The average Bonchev–Trinajstić information content (AvgIpc) is 2.64. The lowest BCUT2D eigenvalue weighted by Gasteiger charge is -2.23. The smallest absolute Gasteiger partial charge is 0.253 e. The van der Waals surface area contributed by atoms with Crippen LogP contribution in [0.15, 0.2) is 48.5 Å². The third-order valence-corrected chi connectivity index (χ3v) is 5.18. The van der Waals surface area contributed by atoms with Crippen molar-refractivity contribution < 1.29 is 18.0 Å². The molecule has 0 unspecified atom stereocenters. The highest BCUT2D eigenvalue weighted by Gasteiger charge is 2.23. The predicted molar refractivity (Wildman–Crippen MR) is 111 cm³/mol. The maximum Gasteiger partial charge on any atom is 0.253 e. The predicted octanol–water partition coefficient (Wildman–Crippen LogP) is 2.54. The minimum Gasteiger partial charge on any atom is -0.352 e. The number of rotatable bonds is 8. The molecule has 28 heavy (non-hydrogen) atoms. The second-order valence-electron chi connectivity index (χ2n) is 6.41. The second-order valence-corrected chi connectivity index (χ2v) is 8.31. The SMILES string of the molecule is CCCNC(=O)c1ccccc1NC(=O)CN(c1ccccc1C)S(C)(=O)=O. The molecule has 0 fully saturated rings. The maximum atomic E-state index is 12.6. The highest BCUT2D eigenvalue weighted by atomic mass is 32.2. The van der Waals surface area contributed by atoms with E-state index in [4.69, 9.17) is 0 Å². The quantitative estimate of drug-likeness (QED) is 0.708. The van der Waals surface area contributed by atoms with Gasteiger partial charge in [0.25, 0.3) is 5.91 Å². The minimum atomic E-state index is -3.67. The van der Waals surface area contributed by atoms with E-state index in [2.05, 4.69) is 10.6 Å². The molecule has 0 aliphatic carbocycles. The molecule has 8 heteroatoms. The van der Waals surface area contributed by atoms with E-state index in [0.29, 0.717) is 23.5 Å². The molecule has 2 amide bonds. The summed E-state index contributed by atoms with van der Waals surface area (Å²) in [6.45, 7) is 3.85. The lowest BCUT2D eigenvalue weighted by molar-refractivity contribution is -0.114. The number of carbonyl (C=O) groups is 2. The van der Waals surface area contributed by atoms with Gasteiger partial charge < -0.3 is 10.6 Å². The number of sulfonamides is 1. The van der Waals surface area contributed by atoms with Crippen molar-refractivity contribution in [2.75, 3.05) is 29.0 Å². The molecular formula is C20H25N3O4S. The van der Waals surface area contributed by atoms with Crippen LogP contribution in [0.5, 0.6) is 0 Å². The van der Waals surface area contributed by atoms with Gasteiger partial charge in [0.1, 0.15) is 6.54 Å². The molecule has 0 atom stereocenters. The Morgan fingerprint density at radius 2 is 1.68 bits per heavy atom. The third kappa shape index (κ3) is 5.56. The second kappa shape index (κ2) is 9.36. The Balaban J connectivity index is 2.23. The van der Waals surface area contributed by atoms with Gasteiger partial charge in [-0.1, -0.05) is 37.3 Å². The van der Waals surface area contributed by atoms with Gasteiger partial charge in [-0.3, -0.25) is 13.9 Å². The van der Waals surface area contributed by atoms with E-state index in [1.807, 2.05) is 6.92 Å². The molecule has 0 aliphatic rings. The third-order valence-electron chi connectivity index (χ3n) is 4.05. The monoisotopic (exact) mass is 403 g/mol. The molecule has 150 valence electrons. The van der Waals surface area contributed by atoms with E-state index >= 15 is 0 Å². The van der Waals surface area contributed by atoms with E-state index in [0.717, 1.165) is 22.5 Å². The number of nitrogens with one attached hydrogen (secondary N) is 2. The fourth-order valence-electron chi connectivity index (χ4n) is 2.67. The summed E-state index contributed by atoms with van der Waals surface area (Å²) in [5, 5.41) is 5.42. The van der Waals surface area contributed by atoms with E-state index < -0.39 is 22.5 Å². The number of para-hydroxylation sites is 2. The van der Waals surface area contributed by atoms with E-state index in [9.17, 15) is 18.0 Å². The topological polar surface area (TPSA) is 95.6 Å². The number of hydrogen-bond acceptors (Lipinski definition) is 4. The first kappa shape index (κ1) is 21.4.